The second-order valence-electron chi connectivity index (χ2n) is 3.63. The number of alkyl halides is 2. The van der Waals surface area contributed by atoms with E-state index in [1.165, 1.54) is 25.7 Å². The minimum absolute atomic E-state index is 0.523. The van der Waals surface area contributed by atoms with Crippen molar-refractivity contribution in [2.45, 2.75) is 29.6 Å². The van der Waals surface area contributed by atoms with Crippen molar-refractivity contribution in [3.8, 4) is 0 Å². The van der Waals surface area contributed by atoms with E-state index in [4.69, 9.17) is 0 Å². The molecular formula is C12H16I. The molecule has 1 heteroatoms. The third kappa shape index (κ3) is 2.97. The van der Waals surface area contributed by atoms with Crippen molar-refractivity contribution in [3.63, 3.8) is 0 Å². The molecule has 13 heavy (non-hydrogen) atoms. The van der Waals surface area contributed by atoms with Crippen LogP contribution >= 0.6 is 21.2 Å². The first-order valence-electron chi connectivity index (χ1n) is 5.07. The predicted molar refractivity (Wildman–Crippen MR) is 66.7 cm³/mol. The molecule has 1 radical (unpaired) electrons. The highest BCUT2D eigenvalue weighted by Gasteiger charge is 2.13. The molecule has 1 saturated heterocycles. The molecular weight excluding hydrogens is 271 g/mol. The zero-order chi connectivity index (χ0) is 8.93. The van der Waals surface area contributed by atoms with Gasteiger partial charge in [-0.2, -0.15) is 0 Å². The van der Waals surface area contributed by atoms with Crippen LogP contribution in [0.15, 0.2) is 30.3 Å². The molecule has 1 aliphatic heterocycles. The first-order chi connectivity index (χ1) is 6.45. The van der Waals surface area contributed by atoms with Gasteiger partial charge in [0.25, 0.3) is 0 Å². The van der Waals surface area contributed by atoms with E-state index >= 15 is 0 Å². The molecule has 1 aliphatic rings. The van der Waals surface area contributed by atoms with Crippen LogP contribution in [0.2, 0.25) is 0 Å². The van der Waals surface area contributed by atoms with Crippen LogP contribution in [0.1, 0.15) is 24.8 Å². The van der Waals surface area contributed by atoms with E-state index in [9.17, 15) is 0 Å². The van der Waals surface area contributed by atoms with Gasteiger partial charge in [0, 0.05) is 3.92 Å². The lowest BCUT2D eigenvalue weighted by Gasteiger charge is -2.20. The molecule has 2 rings (SSSR count). The summed E-state index contributed by atoms with van der Waals surface area (Å²) in [5.41, 5.74) is 1.55. The molecule has 0 saturated carbocycles. The zero-order valence-corrected chi connectivity index (χ0v) is 10.0. The molecule has 1 fully saturated rings. The fourth-order valence-corrected chi connectivity index (χ4v) is 5.36. The Morgan fingerprint density at radius 3 is 2.69 bits per heavy atom. The second-order valence-corrected chi connectivity index (χ2v) is 7.35. The molecule has 0 bridgehead atoms. The van der Waals surface area contributed by atoms with Crippen molar-refractivity contribution < 1.29 is 0 Å². The average Bonchev–Trinajstić information content (AvgIpc) is 2.21. The fraction of sp³-hybridized carbons (Fsp3) is 0.500. The standard InChI is InChI=1S/C12H16I/c1-2-6-11(7-3-1)10-12-8-4-5-9-13-12/h1-3,6-7,12H,4-5,8-10H2. The van der Waals surface area contributed by atoms with E-state index in [0.29, 0.717) is 21.2 Å². The topological polar surface area (TPSA) is 0 Å². The highest BCUT2D eigenvalue weighted by Crippen LogP contribution is 2.33. The smallest absolute Gasteiger partial charge is 0.00655 e. The molecule has 0 nitrogen and oxygen atoms in total. The van der Waals surface area contributed by atoms with Crippen molar-refractivity contribution in [1.29, 1.82) is 0 Å². The lowest BCUT2D eigenvalue weighted by molar-refractivity contribution is 0.690. The van der Waals surface area contributed by atoms with Crippen LogP contribution in [-0.4, -0.2) is 8.35 Å². The Labute approximate surface area is 91.0 Å². The van der Waals surface area contributed by atoms with E-state index in [1.54, 1.807) is 9.99 Å². The Morgan fingerprint density at radius 1 is 1.15 bits per heavy atom. The quantitative estimate of drug-likeness (QED) is 0.574. The molecule has 1 heterocycles. The molecule has 1 atom stereocenters. The average molecular weight is 287 g/mol. The van der Waals surface area contributed by atoms with Gasteiger partial charge in [-0.05, 0) is 29.3 Å². The highest BCUT2D eigenvalue weighted by atomic mass is 127. The first-order valence-corrected chi connectivity index (χ1v) is 7.84. The van der Waals surface area contributed by atoms with Crippen LogP contribution in [0.3, 0.4) is 0 Å². The SMILES string of the molecule is c1ccc(CC2CCCC[I]2)cc1. The number of halogens is 1. The Kier molecular flexibility index (Phi) is 3.65. The summed E-state index contributed by atoms with van der Waals surface area (Å²) in [4.78, 5) is 0. The van der Waals surface area contributed by atoms with Crippen LogP contribution in [0, 0.1) is 0 Å². The van der Waals surface area contributed by atoms with Crippen LogP contribution < -0.4 is 0 Å². The summed E-state index contributed by atoms with van der Waals surface area (Å²) in [6, 6.07) is 11.0. The van der Waals surface area contributed by atoms with Crippen LogP contribution in [0.4, 0.5) is 0 Å². The van der Waals surface area contributed by atoms with E-state index in [-0.39, 0.29) is 0 Å². The summed E-state index contributed by atoms with van der Waals surface area (Å²) >= 11 is 0.523. The van der Waals surface area contributed by atoms with Gasteiger partial charge in [-0.3, -0.25) is 0 Å². The zero-order valence-electron chi connectivity index (χ0n) is 7.88. The predicted octanol–water partition coefficient (Wildman–Crippen LogP) is 3.75. The maximum atomic E-state index is 2.28. The van der Waals surface area contributed by atoms with Gasteiger partial charge in [0.05, 0.1) is 0 Å². The molecule has 71 valence electrons. The summed E-state index contributed by atoms with van der Waals surface area (Å²) in [6.07, 6.45) is 5.85. The Balaban J connectivity index is 1.90. The highest BCUT2D eigenvalue weighted by molar-refractivity contribution is 14.2. The van der Waals surface area contributed by atoms with Crippen molar-refractivity contribution in [2.75, 3.05) is 4.43 Å². The Morgan fingerprint density at radius 2 is 2.00 bits per heavy atom. The lowest BCUT2D eigenvalue weighted by Crippen LogP contribution is -2.10. The van der Waals surface area contributed by atoms with Crippen molar-refractivity contribution in [3.05, 3.63) is 35.9 Å². The van der Waals surface area contributed by atoms with Crippen LogP contribution in [0.5, 0.6) is 0 Å². The second kappa shape index (κ2) is 4.99. The van der Waals surface area contributed by atoms with E-state index in [0.717, 1.165) is 3.92 Å². The van der Waals surface area contributed by atoms with Gasteiger partial charge < -0.3 is 0 Å². The summed E-state index contributed by atoms with van der Waals surface area (Å²) in [5, 5.41) is 0. The minimum atomic E-state index is 0.523. The molecule has 0 N–H and O–H groups in total. The molecule has 0 aromatic heterocycles. The molecule has 0 amide bonds. The van der Waals surface area contributed by atoms with Crippen LogP contribution in [0.25, 0.3) is 0 Å². The summed E-state index contributed by atoms with van der Waals surface area (Å²) in [5.74, 6) is 0. The lowest BCUT2D eigenvalue weighted by atomic mass is 10.1. The van der Waals surface area contributed by atoms with Gasteiger partial charge >= 0.3 is 0 Å². The molecule has 0 aliphatic carbocycles. The molecule has 1 aromatic rings. The maximum Gasteiger partial charge on any atom is 0.00655 e. The Hall–Kier alpha value is -0.0500. The number of hydrogen-bond donors (Lipinski definition) is 0. The number of hydrogen-bond acceptors (Lipinski definition) is 0. The molecule has 1 unspecified atom stereocenters. The van der Waals surface area contributed by atoms with Crippen molar-refractivity contribution in [1.82, 2.24) is 0 Å². The van der Waals surface area contributed by atoms with Gasteiger partial charge in [0.1, 0.15) is 0 Å². The largest absolute Gasteiger partial charge is 0.148 e. The third-order valence-electron chi connectivity index (χ3n) is 2.53. The van der Waals surface area contributed by atoms with Crippen molar-refractivity contribution >= 4 is 21.2 Å². The third-order valence-corrected chi connectivity index (χ3v) is 6.22. The van der Waals surface area contributed by atoms with E-state index < -0.39 is 0 Å². The maximum absolute atomic E-state index is 2.28. The van der Waals surface area contributed by atoms with Gasteiger partial charge in [-0.15, -0.1) is 21.2 Å². The summed E-state index contributed by atoms with van der Waals surface area (Å²) in [7, 11) is 0. The monoisotopic (exact) mass is 287 g/mol. The normalized spacial score (nSPS) is 22.9. The van der Waals surface area contributed by atoms with E-state index in [1.807, 2.05) is 0 Å². The Bertz CT molecular complexity index is 237. The summed E-state index contributed by atoms with van der Waals surface area (Å²) < 4.78 is 2.64. The van der Waals surface area contributed by atoms with Crippen molar-refractivity contribution in [2.24, 2.45) is 0 Å². The van der Waals surface area contributed by atoms with Gasteiger partial charge in [0.2, 0.25) is 0 Å². The fourth-order valence-electron chi connectivity index (χ4n) is 1.80. The van der Waals surface area contributed by atoms with Crippen LogP contribution in [-0.2, 0) is 6.42 Å². The first kappa shape index (κ1) is 9.50. The van der Waals surface area contributed by atoms with Gasteiger partial charge in [0.15, 0.2) is 0 Å². The van der Waals surface area contributed by atoms with Gasteiger partial charge in [-0.1, -0.05) is 36.8 Å². The van der Waals surface area contributed by atoms with Gasteiger partial charge in [-0.25, -0.2) is 0 Å². The molecule has 1 aromatic carbocycles. The number of rotatable bonds is 2. The minimum Gasteiger partial charge on any atom is -0.148 e. The molecule has 0 spiro atoms. The number of benzene rings is 1. The summed E-state index contributed by atoms with van der Waals surface area (Å²) in [6.45, 7) is 0. The van der Waals surface area contributed by atoms with E-state index in [2.05, 4.69) is 30.3 Å².